The first-order valence-corrected chi connectivity index (χ1v) is 13.8. The number of fused-ring (bicyclic) bond motifs is 1. The van der Waals surface area contributed by atoms with Crippen LogP contribution in [-0.2, 0) is 16.0 Å². The zero-order valence-electron chi connectivity index (χ0n) is 22.5. The summed E-state index contributed by atoms with van der Waals surface area (Å²) in [7, 11) is 1.52. The Balaban J connectivity index is 1.47. The summed E-state index contributed by atoms with van der Waals surface area (Å²) in [5, 5.41) is 15.4. The normalized spacial score (nSPS) is 16.7. The van der Waals surface area contributed by atoms with E-state index in [2.05, 4.69) is 10.6 Å². The van der Waals surface area contributed by atoms with Gasteiger partial charge in [-0.15, -0.1) is 0 Å². The van der Waals surface area contributed by atoms with Crippen LogP contribution in [0.3, 0.4) is 0 Å². The van der Waals surface area contributed by atoms with Crippen LogP contribution < -0.4 is 20.3 Å². The molecule has 4 rings (SSSR count). The van der Waals surface area contributed by atoms with Crippen molar-refractivity contribution in [2.24, 2.45) is 5.92 Å². The molecule has 2 atom stereocenters. The van der Waals surface area contributed by atoms with Crippen LogP contribution in [0.1, 0.15) is 67.3 Å². The van der Waals surface area contributed by atoms with Gasteiger partial charge in [0.05, 0.1) is 19.6 Å². The molecular formula is C30H38FN3O5. The number of hydrogen-bond donors (Lipinski definition) is 3. The van der Waals surface area contributed by atoms with E-state index in [0.29, 0.717) is 36.6 Å². The van der Waals surface area contributed by atoms with Crippen molar-refractivity contribution in [3.05, 3.63) is 59.4 Å². The molecule has 3 N–H and O–H groups in total. The quantitative estimate of drug-likeness (QED) is 0.371. The monoisotopic (exact) mass is 539 g/mol. The van der Waals surface area contributed by atoms with Gasteiger partial charge in [-0.05, 0) is 67.1 Å². The van der Waals surface area contributed by atoms with Crippen LogP contribution in [0.4, 0.5) is 10.1 Å². The Morgan fingerprint density at radius 3 is 2.64 bits per heavy atom. The van der Waals surface area contributed by atoms with Crippen LogP contribution in [-0.4, -0.2) is 55.2 Å². The topological polar surface area (TPSA) is 108 Å². The molecule has 0 aromatic heterocycles. The molecule has 0 bridgehead atoms. The van der Waals surface area contributed by atoms with Gasteiger partial charge in [0.15, 0.2) is 0 Å². The van der Waals surface area contributed by atoms with E-state index in [1.54, 1.807) is 30.3 Å². The number of carbonyl (C=O) groups is 3. The summed E-state index contributed by atoms with van der Waals surface area (Å²) in [5.74, 6) is -1.07. The van der Waals surface area contributed by atoms with Crippen molar-refractivity contribution in [3.8, 4) is 5.75 Å². The number of anilines is 1. The van der Waals surface area contributed by atoms with E-state index < -0.39 is 24.0 Å². The number of carbonyl (C=O) groups excluding carboxylic acids is 2. The average Bonchev–Trinajstić information content (AvgIpc) is 3.32. The molecular weight excluding hydrogens is 501 g/mol. The SMILES string of the molecule is COc1cccc(C(=O)NC(CCC2CCCCC2)C(=O)N[C@@H](CC(=O)O)CN2CCc3cc(F)ccc32)c1. The second kappa shape index (κ2) is 13.4. The molecule has 1 unspecified atom stereocenters. The molecule has 1 heterocycles. The fourth-order valence-electron chi connectivity index (χ4n) is 5.72. The number of hydrogen-bond acceptors (Lipinski definition) is 5. The van der Waals surface area contributed by atoms with Gasteiger partial charge in [-0.1, -0.05) is 38.2 Å². The number of rotatable bonds is 12. The van der Waals surface area contributed by atoms with Gasteiger partial charge in [-0.2, -0.15) is 0 Å². The average molecular weight is 540 g/mol. The van der Waals surface area contributed by atoms with Gasteiger partial charge in [0.25, 0.3) is 5.91 Å². The standard InChI is InChI=1S/C30H38FN3O5/c1-39-25-9-5-8-22(17-25)29(37)33-26(12-10-20-6-3-2-4-7-20)30(38)32-24(18-28(35)36)19-34-15-14-21-16-23(31)11-13-27(21)34/h5,8-9,11,13,16-17,20,24,26H,2-4,6-7,10,12,14-15,18-19H2,1H3,(H,32,38)(H,33,37)(H,35,36)/t24-,26?/m0/s1. The van der Waals surface area contributed by atoms with Crippen molar-refractivity contribution in [2.45, 2.75) is 69.9 Å². The number of benzene rings is 2. The van der Waals surface area contributed by atoms with E-state index in [1.807, 2.05) is 4.90 Å². The summed E-state index contributed by atoms with van der Waals surface area (Å²) in [6.45, 7) is 0.887. The van der Waals surface area contributed by atoms with Gasteiger partial charge in [0.2, 0.25) is 5.91 Å². The summed E-state index contributed by atoms with van der Waals surface area (Å²) in [6.07, 6.45) is 7.50. The van der Waals surface area contributed by atoms with E-state index >= 15 is 0 Å². The van der Waals surface area contributed by atoms with E-state index in [1.165, 1.54) is 38.5 Å². The molecule has 1 aliphatic heterocycles. The number of nitrogens with zero attached hydrogens (tertiary/aromatic N) is 1. The molecule has 39 heavy (non-hydrogen) atoms. The summed E-state index contributed by atoms with van der Waals surface area (Å²) in [6, 6.07) is 9.82. The molecule has 210 valence electrons. The highest BCUT2D eigenvalue weighted by Gasteiger charge is 2.29. The Hall–Kier alpha value is -3.62. The highest BCUT2D eigenvalue weighted by atomic mass is 19.1. The molecule has 0 radical (unpaired) electrons. The van der Waals surface area contributed by atoms with E-state index in [0.717, 1.165) is 30.5 Å². The van der Waals surface area contributed by atoms with Crippen LogP contribution in [0, 0.1) is 11.7 Å². The van der Waals surface area contributed by atoms with Crippen LogP contribution in [0.5, 0.6) is 5.75 Å². The minimum absolute atomic E-state index is 0.266. The molecule has 8 nitrogen and oxygen atoms in total. The predicted molar refractivity (Wildman–Crippen MR) is 147 cm³/mol. The minimum atomic E-state index is -1.03. The highest BCUT2D eigenvalue weighted by molar-refractivity contribution is 5.98. The largest absolute Gasteiger partial charge is 0.497 e. The lowest BCUT2D eigenvalue weighted by atomic mass is 9.85. The first-order chi connectivity index (χ1) is 18.8. The number of halogens is 1. The van der Waals surface area contributed by atoms with Gasteiger partial charge < -0.3 is 25.4 Å². The molecule has 2 amide bonds. The van der Waals surface area contributed by atoms with Crippen LogP contribution in [0.15, 0.2) is 42.5 Å². The third-order valence-electron chi connectivity index (χ3n) is 7.78. The Morgan fingerprint density at radius 2 is 1.90 bits per heavy atom. The number of aliphatic carboxylic acids is 1. The first-order valence-electron chi connectivity index (χ1n) is 13.8. The summed E-state index contributed by atoms with van der Waals surface area (Å²) in [5.41, 5.74) is 2.10. The molecule has 0 spiro atoms. The third-order valence-corrected chi connectivity index (χ3v) is 7.78. The van der Waals surface area contributed by atoms with Gasteiger partial charge in [0, 0.05) is 24.3 Å². The lowest BCUT2D eigenvalue weighted by Gasteiger charge is -2.29. The van der Waals surface area contributed by atoms with E-state index in [4.69, 9.17) is 4.74 Å². The molecule has 1 fully saturated rings. The van der Waals surface area contributed by atoms with Crippen molar-refractivity contribution in [3.63, 3.8) is 0 Å². The maximum Gasteiger partial charge on any atom is 0.305 e. The van der Waals surface area contributed by atoms with Crippen LogP contribution in [0.25, 0.3) is 0 Å². The lowest BCUT2D eigenvalue weighted by molar-refractivity contribution is -0.137. The Morgan fingerprint density at radius 1 is 1.10 bits per heavy atom. The van der Waals surface area contributed by atoms with Crippen molar-refractivity contribution in [2.75, 3.05) is 25.1 Å². The van der Waals surface area contributed by atoms with Gasteiger partial charge >= 0.3 is 5.97 Å². The molecule has 2 aromatic rings. The smallest absolute Gasteiger partial charge is 0.305 e. The van der Waals surface area contributed by atoms with Crippen molar-refractivity contribution < 1.29 is 28.6 Å². The number of nitrogens with one attached hydrogen (secondary N) is 2. The number of amides is 2. The van der Waals surface area contributed by atoms with Crippen LogP contribution >= 0.6 is 0 Å². The van der Waals surface area contributed by atoms with Crippen LogP contribution in [0.2, 0.25) is 0 Å². The number of methoxy groups -OCH3 is 1. The summed E-state index contributed by atoms with van der Waals surface area (Å²) in [4.78, 5) is 40.3. The molecule has 9 heteroatoms. The molecule has 1 aliphatic carbocycles. The van der Waals surface area contributed by atoms with Crippen molar-refractivity contribution >= 4 is 23.5 Å². The second-order valence-corrected chi connectivity index (χ2v) is 10.6. The van der Waals surface area contributed by atoms with Crippen molar-refractivity contribution in [1.82, 2.24) is 10.6 Å². The fourth-order valence-corrected chi connectivity index (χ4v) is 5.72. The number of ether oxygens (including phenoxy) is 1. The van der Waals surface area contributed by atoms with E-state index in [-0.39, 0.29) is 24.7 Å². The maximum absolute atomic E-state index is 13.7. The van der Waals surface area contributed by atoms with Crippen molar-refractivity contribution in [1.29, 1.82) is 0 Å². The lowest BCUT2D eigenvalue weighted by Crippen LogP contribution is -2.52. The highest BCUT2D eigenvalue weighted by Crippen LogP contribution is 2.29. The minimum Gasteiger partial charge on any atom is -0.497 e. The molecule has 2 aliphatic rings. The maximum atomic E-state index is 13.7. The number of carboxylic acid groups (broad SMARTS) is 1. The Kier molecular flexibility index (Phi) is 9.79. The molecule has 1 saturated carbocycles. The first kappa shape index (κ1) is 28.4. The Labute approximate surface area is 228 Å². The summed E-state index contributed by atoms with van der Waals surface area (Å²) < 4.78 is 18.9. The zero-order valence-corrected chi connectivity index (χ0v) is 22.5. The fraction of sp³-hybridized carbons (Fsp3) is 0.500. The van der Waals surface area contributed by atoms with E-state index in [9.17, 15) is 23.9 Å². The predicted octanol–water partition coefficient (Wildman–Crippen LogP) is 4.32. The molecule has 0 saturated heterocycles. The zero-order chi connectivity index (χ0) is 27.8. The Bertz CT molecular complexity index is 1170. The molecule has 2 aromatic carbocycles. The second-order valence-electron chi connectivity index (χ2n) is 10.6. The number of carboxylic acids is 1. The third kappa shape index (κ3) is 7.94. The van der Waals surface area contributed by atoms with Gasteiger partial charge in [0.1, 0.15) is 17.6 Å². The van der Waals surface area contributed by atoms with Gasteiger partial charge in [-0.3, -0.25) is 14.4 Å². The summed E-state index contributed by atoms with van der Waals surface area (Å²) >= 11 is 0. The van der Waals surface area contributed by atoms with Gasteiger partial charge in [-0.25, -0.2) is 4.39 Å².